The Morgan fingerprint density at radius 1 is 1.17 bits per heavy atom. The Balaban J connectivity index is 1.62. The number of aromatic amines is 1. The number of ether oxygens (including phenoxy) is 1. The predicted octanol–water partition coefficient (Wildman–Crippen LogP) is 3.04. The fourth-order valence-corrected chi connectivity index (χ4v) is 2.98. The average Bonchev–Trinajstić information content (AvgIpc) is 3.06. The number of pyridine rings is 1. The molecule has 0 fully saturated rings. The molecule has 3 heterocycles. The Labute approximate surface area is 135 Å². The molecule has 0 amide bonds. The van der Waals surface area contributed by atoms with Crippen LogP contribution >= 0.6 is 0 Å². The first-order valence-corrected chi connectivity index (χ1v) is 7.70. The third-order valence-corrected chi connectivity index (χ3v) is 4.20. The number of nitrogens with one attached hydrogen (secondary N) is 1. The lowest BCUT2D eigenvalue weighted by Gasteiger charge is -2.27. The van der Waals surface area contributed by atoms with Crippen molar-refractivity contribution in [2.24, 2.45) is 0 Å². The maximum absolute atomic E-state index is 5.30. The van der Waals surface area contributed by atoms with Crippen LogP contribution in [-0.4, -0.2) is 28.6 Å². The number of nitrogens with zero attached hydrogens (tertiary/aromatic N) is 3. The Hall–Kier alpha value is -2.82. The standard InChI is InChI=1S/C18H18N4O/c1-23-15-4-2-3-13(11-15)18-20-16-7-10-22(12-17(16)21-18)14-5-8-19-9-6-14/h2-6,8-9,11H,7,10,12H2,1H3,(H,20,21). The van der Waals surface area contributed by atoms with E-state index in [0.717, 1.165) is 42.3 Å². The molecule has 23 heavy (non-hydrogen) atoms. The van der Waals surface area contributed by atoms with Gasteiger partial charge < -0.3 is 14.6 Å². The third kappa shape index (κ3) is 2.65. The summed E-state index contributed by atoms with van der Waals surface area (Å²) in [7, 11) is 1.68. The highest BCUT2D eigenvalue weighted by Gasteiger charge is 2.21. The molecule has 0 spiro atoms. The number of aromatic nitrogens is 3. The van der Waals surface area contributed by atoms with Crippen LogP contribution in [0.3, 0.4) is 0 Å². The summed E-state index contributed by atoms with van der Waals surface area (Å²) in [6.45, 7) is 1.82. The van der Waals surface area contributed by atoms with Crippen molar-refractivity contribution >= 4 is 5.69 Å². The second-order valence-corrected chi connectivity index (χ2v) is 5.62. The van der Waals surface area contributed by atoms with E-state index in [9.17, 15) is 0 Å². The van der Waals surface area contributed by atoms with Crippen molar-refractivity contribution in [3.05, 3.63) is 60.2 Å². The first-order valence-electron chi connectivity index (χ1n) is 7.70. The molecule has 0 bridgehead atoms. The van der Waals surface area contributed by atoms with Crippen molar-refractivity contribution in [2.75, 3.05) is 18.6 Å². The molecule has 0 unspecified atom stereocenters. The fourth-order valence-electron chi connectivity index (χ4n) is 2.98. The normalized spacial score (nSPS) is 13.7. The first kappa shape index (κ1) is 13.8. The van der Waals surface area contributed by atoms with Crippen molar-refractivity contribution < 1.29 is 4.74 Å². The molecule has 5 heteroatoms. The van der Waals surface area contributed by atoms with Gasteiger partial charge in [-0.1, -0.05) is 12.1 Å². The lowest BCUT2D eigenvalue weighted by molar-refractivity contribution is 0.415. The summed E-state index contributed by atoms with van der Waals surface area (Å²) >= 11 is 0. The van der Waals surface area contributed by atoms with E-state index in [1.807, 2.05) is 48.8 Å². The summed E-state index contributed by atoms with van der Waals surface area (Å²) in [5, 5.41) is 0. The van der Waals surface area contributed by atoms with E-state index < -0.39 is 0 Å². The van der Waals surface area contributed by atoms with Gasteiger partial charge in [0.2, 0.25) is 0 Å². The van der Waals surface area contributed by atoms with Gasteiger partial charge in [-0.25, -0.2) is 4.98 Å². The molecular weight excluding hydrogens is 288 g/mol. The van der Waals surface area contributed by atoms with Gasteiger partial charge in [0, 0.05) is 36.6 Å². The van der Waals surface area contributed by atoms with Crippen molar-refractivity contribution in [1.29, 1.82) is 0 Å². The molecule has 4 rings (SSSR count). The zero-order valence-electron chi connectivity index (χ0n) is 13.0. The van der Waals surface area contributed by atoms with E-state index in [4.69, 9.17) is 9.72 Å². The summed E-state index contributed by atoms with van der Waals surface area (Å²) in [6, 6.07) is 12.1. The van der Waals surface area contributed by atoms with E-state index in [1.165, 1.54) is 11.4 Å². The van der Waals surface area contributed by atoms with Gasteiger partial charge in [-0.2, -0.15) is 0 Å². The van der Waals surface area contributed by atoms with E-state index in [0.29, 0.717) is 0 Å². The minimum atomic E-state index is 0.843. The minimum absolute atomic E-state index is 0.843. The van der Waals surface area contributed by atoms with Crippen molar-refractivity contribution in [3.63, 3.8) is 0 Å². The molecule has 1 aromatic carbocycles. The first-order chi connectivity index (χ1) is 11.3. The number of methoxy groups -OCH3 is 1. The van der Waals surface area contributed by atoms with Crippen LogP contribution in [0.5, 0.6) is 5.75 Å². The fraction of sp³-hybridized carbons (Fsp3) is 0.222. The number of benzene rings is 1. The molecule has 116 valence electrons. The van der Waals surface area contributed by atoms with Crippen molar-refractivity contribution in [3.8, 4) is 17.1 Å². The van der Waals surface area contributed by atoms with Crippen LogP contribution in [0.1, 0.15) is 11.4 Å². The van der Waals surface area contributed by atoms with Crippen LogP contribution in [0, 0.1) is 0 Å². The number of hydrogen-bond acceptors (Lipinski definition) is 4. The molecule has 0 radical (unpaired) electrons. The molecule has 0 atom stereocenters. The third-order valence-electron chi connectivity index (χ3n) is 4.20. The van der Waals surface area contributed by atoms with E-state index in [-0.39, 0.29) is 0 Å². The molecule has 5 nitrogen and oxygen atoms in total. The number of hydrogen-bond donors (Lipinski definition) is 1. The predicted molar refractivity (Wildman–Crippen MR) is 89.6 cm³/mol. The number of rotatable bonds is 3. The monoisotopic (exact) mass is 306 g/mol. The van der Waals surface area contributed by atoms with Crippen molar-refractivity contribution in [2.45, 2.75) is 13.0 Å². The van der Waals surface area contributed by atoms with E-state index in [2.05, 4.69) is 14.9 Å². The Morgan fingerprint density at radius 3 is 2.87 bits per heavy atom. The Kier molecular flexibility index (Phi) is 3.46. The lowest BCUT2D eigenvalue weighted by Crippen LogP contribution is -2.30. The van der Waals surface area contributed by atoms with Gasteiger partial charge >= 0.3 is 0 Å². The largest absolute Gasteiger partial charge is 0.497 e. The summed E-state index contributed by atoms with van der Waals surface area (Å²) < 4.78 is 5.30. The topological polar surface area (TPSA) is 54.0 Å². The van der Waals surface area contributed by atoms with Gasteiger partial charge in [0.15, 0.2) is 0 Å². The van der Waals surface area contributed by atoms with Gasteiger partial charge in [-0.3, -0.25) is 4.98 Å². The number of anilines is 1. The summed E-state index contributed by atoms with van der Waals surface area (Å²) in [6.07, 6.45) is 4.61. The van der Waals surface area contributed by atoms with Gasteiger partial charge in [0.1, 0.15) is 11.6 Å². The number of imidazole rings is 1. The van der Waals surface area contributed by atoms with Crippen LogP contribution in [-0.2, 0) is 13.0 Å². The second-order valence-electron chi connectivity index (χ2n) is 5.62. The smallest absolute Gasteiger partial charge is 0.138 e. The molecule has 0 aliphatic carbocycles. The SMILES string of the molecule is COc1cccc(-c2nc3c([nH]2)CN(c2ccncc2)CC3)c1. The average molecular weight is 306 g/mol. The van der Waals surface area contributed by atoms with Gasteiger partial charge in [0.25, 0.3) is 0 Å². The Morgan fingerprint density at radius 2 is 2.04 bits per heavy atom. The van der Waals surface area contributed by atoms with E-state index >= 15 is 0 Å². The van der Waals surface area contributed by atoms with Crippen LogP contribution in [0.4, 0.5) is 5.69 Å². The van der Waals surface area contributed by atoms with Crippen molar-refractivity contribution in [1.82, 2.24) is 15.0 Å². The summed E-state index contributed by atoms with van der Waals surface area (Å²) in [5.41, 5.74) is 4.59. The molecule has 0 saturated carbocycles. The van der Waals surface area contributed by atoms with Gasteiger partial charge in [0.05, 0.1) is 25.0 Å². The maximum Gasteiger partial charge on any atom is 0.138 e. The van der Waals surface area contributed by atoms with Crippen LogP contribution in [0.25, 0.3) is 11.4 Å². The highest BCUT2D eigenvalue weighted by Crippen LogP contribution is 2.27. The molecule has 3 aromatic rings. The summed E-state index contributed by atoms with van der Waals surface area (Å²) in [4.78, 5) is 14.7. The minimum Gasteiger partial charge on any atom is -0.497 e. The molecule has 0 saturated heterocycles. The number of fused-ring (bicyclic) bond motifs is 1. The lowest BCUT2D eigenvalue weighted by atomic mass is 10.1. The molecule has 1 aliphatic heterocycles. The van der Waals surface area contributed by atoms with Crippen LogP contribution in [0.2, 0.25) is 0 Å². The Bertz CT molecular complexity index is 813. The molecular formula is C18H18N4O. The second kappa shape index (κ2) is 5.76. The van der Waals surface area contributed by atoms with Crippen LogP contribution in [0.15, 0.2) is 48.8 Å². The summed E-state index contributed by atoms with van der Waals surface area (Å²) in [5.74, 6) is 1.75. The molecule has 1 N–H and O–H groups in total. The highest BCUT2D eigenvalue weighted by molar-refractivity contribution is 5.59. The van der Waals surface area contributed by atoms with Gasteiger partial charge in [-0.15, -0.1) is 0 Å². The zero-order chi connectivity index (χ0) is 15.6. The number of H-pyrrole nitrogens is 1. The van der Waals surface area contributed by atoms with Crippen LogP contribution < -0.4 is 9.64 Å². The zero-order valence-corrected chi connectivity index (χ0v) is 13.0. The molecule has 1 aliphatic rings. The molecule has 2 aromatic heterocycles. The highest BCUT2D eigenvalue weighted by atomic mass is 16.5. The van der Waals surface area contributed by atoms with E-state index in [1.54, 1.807) is 7.11 Å². The quantitative estimate of drug-likeness (QED) is 0.808. The van der Waals surface area contributed by atoms with Gasteiger partial charge in [-0.05, 0) is 24.3 Å². The maximum atomic E-state index is 5.30.